The molecule has 2 amide bonds. The molecule has 1 aromatic carbocycles. The average Bonchev–Trinajstić information content (AvgIpc) is 3.22. The number of hydrogen-bond acceptors (Lipinski definition) is 4. The van der Waals surface area contributed by atoms with E-state index < -0.39 is 30.2 Å². The summed E-state index contributed by atoms with van der Waals surface area (Å²) >= 11 is 0. The maximum absolute atomic E-state index is 13.2. The third-order valence-electron chi connectivity index (χ3n) is 5.07. The Morgan fingerprint density at radius 1 is 1.22 bits per heavy atom. The SMILES string of the molecule is C[C@H]1CN(c2ccc(C(F)(F)F)cc2)C(=O)c2c(C(=O)Nc3ccnc(CF)c3)cnn21. The molecule has 7 nitrogen and oxygen atoms in total. The number of carbonyl (C=O) groups excluding carboxylic acids is 2. The van der Waals surface area contributed by atoms with Gasteiger partial charge in [0, 0.05) is 24.1 Å². The predicted molar refractivity (Wildman–Crippen MR) is 107 cm³/mol. The summed E-state index contributed by atoms with van der Waals surface area (Å²) in [6.07, 6.45) is -1.89. The number of amides is 2. The summed E-state index contributed by atoms with van der Waals surface area (Å²) in [5.74, 6) is -1.19. The molecule has 1 aliphatic rings. The highest BCUT2D eigenvalue weighted by molar-refractivity contribution is 6.15. The zero-order valence-corrected chi connectivity index (χ0v) is 16.7. The molecule has 166 valence electrons. The Labute approximate surface area is 179 Å². The number of hydrogen-bond donors (Lipinski definition) is 1. The lowest BCUT2D eigenvalue weighted by atomic mass is 10.1. The second kappa shape index (κ2) is 8.06. The molecule has 11 heteroatoms. The van der Waals surface area contributed by atoms with E-state index in [0.29, 0.717) is 5.69 Å². The summed E-state index contributed by atoms with van der Waals surface area (Å²) in [6.45, 7) is 1.15. The van der Waals surface area contributed by atoms with Crippen molar-refractivity contribution in [2.45, 2.75) is 25.8 Å². The molecule has 0 aliphatic carbocycles. The number of nitrogens with one attached hydrogen (secondary N) is 1. The largest absolute Gasteiger partial charge is 0.416 e. The maximum atomic E-state index is 13.2. The van der Waals surface area contributed by atoms with E-state index in [1.807, 2.05) is 0 Å². The van der Waals surface area contributed by atoms with Crippen LogP contribution in [0.25, 0.3) is 0 Å². The van der Waals surface area contributed by atoms with Crippen LogP contribution in [0.5, 0.6) is 0 Å². The molecule has 1 aliphatic heterocycles. The third-order valence-corrected chi connectivity index (χ3v) is 5.07. The van der Waals surface area contributed by atoms with Gasteiger partial charge in [0.05, 0.1) is 29.1 Å². The maximum Gasteiger partial charge on any atom is 0.416 e. The highest BCUT2D eigenvalue weighted by Gasteiger charge is 2.36. The van der Waals surface area contributed by atoms with Crippen molar-refractivity contribution in [1.29, 1.82) is 0 Å². The van der Waals surface area contributed by atoms with Crippen LogP contribution in [0, 0.1) is 0 Å². The van der Waals surface area contributed by atoms with Gasteiger partial charge in [-0.2, -0.15) is 18.3 Å². The van der Waals surface area contributed by atoms with Crippen molar-refractivity contribution in [1.82, 2.24) is 14.8 Å². The molecular formula is C21H17F4N5O2. The normalized spacial score (nSPS) is 16.1. The van der Waals surface area contributed by atoms with Crippen LogP contribution >= 0.6 is 0 Å². The highest BCUT2D eigenvalue weighted by atomic mass is 19.4. The Morgan fingerprint density at radius 2 is 1.94 bits per heavy atom. The smallest absolute Gasteiger partial charge is 0.322 e. The zero-order chi connectivity index (χ0) is 23.0. The summed E-state index contributed by atoms with van der Waals surface area (Å²) in [5, 5.41) is 6.73. The van der Waals surface area contributed by atoms with Crippen molar-refractivity contribution in [3.05, 3.63) is 71.3 Å². The second-order valence-electron chi connectivity index (χ2n) is 7.28. The molecule has 1 atom stereocenters. The van der Waals surface area contributed by atoms with Crippen LogP contribution in [0.1, 0.15) is 45.1 Å². The molecule has 3 heterocycles. The van der Waals surface area contributed by atoms with Gasteiger partial charge in [0.2, 0.25) is 0 Å². The number of rotatable bonds is 4. The van der Waals surface area contributed by atoms with E-state index in [1.54, 1.807) is 6.92 Å². The van der Waals surface area contributed by atoms with Crippen molar-refractivity contribution in [3.63, 3.8) is 0 Å². The molecule has 0 bridgehead atoms. The van der Waals surface area contributed by atoms with Crippen molar-refractivity contribution >= 4 is 23.2 Å². The van der Waals surface area contributed by atoms with Gasteiger partial charge in [-0.15, -0.1) is 0 Å². The predicted octanol–water partition coefficient (Wildman–Crippen LogP) is 4.24. The van der Waals surface area contributed by atoms with Gasteiger partial charge in [0.15, 0.2) is 0 Å². The Balaban J connectivity index is 1.63. The summed E-state index contributed by atoms with van der Waals surface area (Å²) in [5.41, 5.74) is -0.103. The van der Waals surface area contributed by atoms with E-state index >= 15 is 0 Å². The lowest BCUT2D eigenvalue weighted by Gasteiger charge is -2.32. The molecule has 0 fully saturated rings. The van der Waals surface area contributed by atoms with Gasteiger partial charge in [0.25, 0.3) is 11.8 Å². The highest BCUT2D eigenvalue weighted by Crippen LogP contribution is 2.33. The van der Waals surface area contributed by atoms with Crippen LogP contribution in [0.4, 0.5) is 28.9 Å². The number of fused-ring (bicyclic) bond motifs is 1. The first-order chi connectivity index (χ1) is 15.2. The number of alkyl halides is 4. The molecule has 32 heavy (non-hydrogen) atoms. The van der Waals surface area contributed by atoms with Gasteiger partial charge >= 0.3 is 6.18 Å². The van der Waals surface area contributed by atoms with E-state index in [0.717, 1.165) is 12.1 Å². The lowest BCUT2D eigenvalue weighted by molar-refractivity contribution is -0.137. The minimum Gasteiger partial charge on any atom is -0.322 e. The molecule has 0 radical (unpaired) electrons. The van der Waals surface area contributed by atoms with Crippen LogP contribution < -0.4 is 10.2 Å². The molecule has 0 spiro atoms. The van der Waals surface area contributed by atoms with E-state index in [-0.39, 0.29) is 35.2 Å². The van der Waals surface area contributed by atoms with Crippen molar-refractivity contribution in [2.24, 2.45) is 0 Å². The molecular weight excluding hydrogens is 430 g/mol. The number of anilines is 2. The van der Waals surface area contributed by atoms with E-state index in [2.05, 4.69) is 15.4 Å². The lowest BCUT2D eigenvalue weighted by Crippen LogP contribution is -2.43. The molecule has 4 rings (SSSR count). The van der Waals surface area contributed by atoms with Crippen molar-refractivity contribution in [3.8, 4) is 0 Å². The third kappa shape index (κ3) is 3.93. The Bertz CT molecular complexity index is 1170. The van der Waals surface area contributed by atoms with Gasteiger partial charge in [-0.25, -0.2) is 4.39 Å². The molecule has 3 aromatic rings. The minimum atomic E-state index is -4.49. The average molecular weight is 447 g/mol. The summed E-state index contributed by atoms with van der Waals surface area (Å²) in [4.78, 5) is 31.1. The molecule has 0 saturated heterocycles. The van der Waals surface area contributed by atoms with E-state index in [4.69, 9.17) is 0 Å². The molecule has 2 aromatic heterocycles. The first-order valence-corrected chi connectivity index (χ1v) is 9.58. The molecule has 0 saturated carbocycles. The quantitative estimate of drug-likeness (QED) is 0.607. The van der Waals surface area contributed by atoms with Crippen LogP contribution in [-0.2, 0) is 12.9 Å². The Hall–Kier alpha value is -3.76. The topological polar surface area (TPSA) is 80.1 Å². The van der Waals surface area contributed by atoms with Gasteiger partial charge in [-0.3, -0.25) is 19.3 Å². The second-order valence-corrected chi connectivity index (χ2v) is 7.28. The number of halogens is 4. The number of pyridine rings is 1. The summed E-state index contributed by atoms with van der Waals surface area (Å²) in [6, 6.07) is 6.75. The van der Waals surface area contributed by atoms with E-state index in [1.165, 1.54) is 46.2 Å². The van der Waals surface area contributed by atoms with Gasteiger partial charge in [-0.1, -0.05) is 0 Å². The zero-order valence-electron chi connectivity index (χ0n) is 16.7. The Kier molecular flexibility index (Phi) is 5.41. The number of benzene rings is 1. The molecule has 0 unspecified atom stereocenters. The fourth-order valence-electron chi connectivity index (χ4n) is 3.51. The van der Waals surface area contributed by atoms with Crippen molar-refractivity contribution < 1.29 is 27.2 Å². The van der Waals surface area contributed by atoms with Crippen molar-refractivity contribution in [2.75, 3.05) is 16.8 Å². The first-order valence-electron chi connectivity index (χ1n) is 9.58. The summed E-state index contributed by atoms with van der Waals surface area (Å²) < 4.78 is 52.8. The Morgan fingerprint density at radius 3 is 2.59 bits per heavy atom. The fraction of sp³-hybridized carbons (Fsp3) is 0.238. The number of carbonyl (C=O) groups is 2. The fourth-order valence-corrected chi connectivity index (χ4v) is 3.51. The first kappa shape index (κ1) is 21.5. The van der Waals surface area contributed by atoms with Gasteiger partial charge < -0.3 is 10.2 Å². The standard InChI is InChI=1S/C21H17F4N5O2/c1-12-11-29(16-4-2-13(3-5-16)21(23,24)25)20(32)18-17(10-27-30(12)18)19(31)28-14-6-7-26-15(8-14)9-22/h2-8,10,12H,9,11H2,1H3,(H,26,28,31)/t12-/m0/s1. The molecule has 1 N–H and O–H groups in total. The number of aromatic nitrogens is 3. The van der Waals surface area contributed by atoms with Crippen LogP contribution in [0.15, 0.2) is 48.8 Å². The van der Waals surface area contributed by atoms with Crippen LogP contribution in [-0.4, -0.2) is 33.1 Å². The van der Waals surface area contributed by atoms with Crippen LogP contribution in [0.3, 0.4) is 0 Å². The minimum absolute atomic E-state index is 0.00271. The van der Waals surface area contributed by atoms with Gasteiger partial charge in [-0.05, 0) is 43.3 Å². The van der Waals surface area contributed by atoms with Crippen LogP contribution in [0.2, 0.25) is 0 Å². The van der Waals surface area contributed by atoms with Gasteiger partial charge in [0.1, 0.15) is 12.4 Å². The van der Waals surface area contributed by atoms with E-state index in [9.17, 15) is 27.2 Å². The number of nitrogens with zero attached hydrogens (tertiary/aromatic N) is 4. The monoisotopic (exact) mass is 447 g/mol. The summed E-state index contributed by atoms with van der Waals surface area (Å²) in [7, 11) is 0.